The average molecular weight is 408 g/mol. The molecule has 0 saturated carbocycles. The van der Waals surface area contributed by atoms with Gasteiger partial charge in [-0.25, -0.2) is 9.78 Å². The molecular formula is C14H13ClF3N5O4. The molecule has 2 aromatic heterocycles. The van der Waals surface area contributed by atoms with Crippen molar-refractivity contribution >= 4 is 23.6 Å². The Bertz CT molecular complexity index is 971. The Morgan fingerprint density at radius 2 is 2.19 bits per heavy atom. The molecule has 2 rings (SSSR count). The Labute approximate surface area is 154 Å². The third-order valence-electron chi connectivity index (χ3n) is 3.29. The average Bonchev–Trinajstić information content (AvgIpc) is 2.57. The van der Waals surface area contributed by atoms with Crippen molar-refractivity contribution in [2.45, 2.75) is 12.7 Å². The van der Waals surface area contributed by atoms with E-state index in [1.807, 2.05) is 4.98 Å². The largest absolute Gasteiger partial charge is 0.494 e. The zero-order valence-electron chi connectivity index (χ0n) is 13.7. The summed E-state index contributed by atoms with van der Waals surface area (Å²) in [5.74, 6) is -0.694. The van der Waals surface area contributed by atoms with Gasteiger partial charge in [0.15, 0.2) is 0 Å². The highest BCUT2D eigenvalue weighted by Gasteiger charge is 2.31. The number of halogens is 4. The summed E-state index contributed by atoms with van der Waals surface area (Å²) in [5.41, 5.74) is -3.06. The summed E-state index contributed by atoms with van der Waals surface area (Å²) in [6.45, 7) is -0.202. The number of H-pyrrole nitrogens is 1. The van der Waals surface area contributed by atoms with Gasteiger partial charge in [-0.15, -0.1) is 0 Å². The van der Waals surface area contributed by atoms with E-state index < -0.39 is 28.9 Å². The first-order valence-electron chi connectivity index (χ1n) is 7.24. The highest BCUT2D eigenvalue weighted by molar-refractivity contribution is 6.32. The van der Waals surface area contributed by atoms with Crippen molar-refractivity contribution in [1.82, 2.24) is 14.5 Å². The van der Waals surface area contributed by atoms with Gasteiger partial charge in [0.25, 0.3) is 5.56 Å². The molecule has 0 aliphatic rings. The van der Waals surface area contributed by atoms with Crippen LogP contribution in [0.3, 0.4) is 0 Å². The molecule has 9 nitrogen and oxygen atoms in total. The first-order chi connectivity index (χ1) is 12.6. The number of hydrogen-bond donors (Lipinski definition) is 3. The van der Waals surface area contributed by atoms with Crippen molar-refractivity contribution in [3.05, 3.63) is 49.3 Å². The maximum atomic E-state index is 12.6. The smallest absolute Gasteiger partial charge is 0.417 e. The molecule has 0 saturated heterocycles. The highest BCUT2D eigenvalue weighted by atomic mass is 35.5. The van der Waals surface area contributed by atoms with Gasteiger partial charge < -0.3 is 15.3 Å². The van der Waals surface area contributed by atoms with Crippen LogP contribution in [0, 0.1) is 0 Å². The molecule has 146 valence electrons. The van der Waals surface area contributed by atoms with E-state index in [1.54, 1.807) is 0 Å². The van der Waals surface area contributed by atoms with Crippen molar-refractivity contribution in [1.29, 1.82) is 0 Å². The lowest BCUT2D eigenvalue weighted by atomic mass is 10.3. The molecular weight excluding hydrogens is 395 g/mol. The van der Waals surface area contributed by atoms with Crippen molar-refractivity contribution in [2.75, 3.05) is 19.0 Å². The van der Waals surface area contributed by atoms with Crippen molar-refractivity contribution in [2.24, 2.45) is 5.16 Å². The maximum Gasteiger partial charge on any atom is 0.417 e. The number of pyridine rings is 1. The zero-order valence-corrected chi connectivity index (χ0v) is 14.4. The number of oxime groups is 1. The number of aromatic nitrogens is 3. The van der Waals surface area contributed by atoms with Crippen molar-refractivity contribution in [3.8, 4) is 5.88 Å². The standard InChI is InChI=1S/C14H13ClF3N5O4/c1-27-21-6-8-11(24)22-13(26)23(12(8)25)3-2-19-10-9(15)4-7(5-20-10)14(16,17)18/h4-6,25H,2-3H2,1H3,(H,19,20)(H,22,24,26). The Hall–Kier alpha value is -3.02. The SMILES string of the molecule is CON=Cc1c(O)n(CCNc2ncc(C(F)(F)F)cc2Cl)c(=O)[nH]c1=O. The van der Waals surface area contributed by atoms with Gasteiger partial charge in [0.2, 0.25) is 5.88 Å². The number of nitrogens with zero attached hydrogens (tertiary/aromatic N) is 3. The van der Waals surface area contributed by atoms with Crippen molar-refractivity contribution < 1.29 is 23.1 Å². The molecule has 0 amide bonds. The van der Waals surface area contributed by atoms with Crippen molar-refractivity contribution in [3.63, 3.8) is 0 Å². The van der Waals surface area contributed by atoms with Gasteiger partial charge in [0, 0.05) is 19.3 Å². The Morgan fingerprint density at radius 3 is 2.78 bits per heavy atom. The normalized spacial score (nSPS) is 11.7. The molecule has 0 fully saturated rings. The number of alkyl halides is 3. The van der Waals surface area contributed by atoms with Crippen LogP contribution in [0.2, 0.25) is 5.02 Å². The number of nitrogens with one attached hydrogen (secondary N) is 2. The summed E-state index contributed by atoms with van der Waals surface area (Å²) >= 11 is 5.76. The Balaban J connectivity index is 2.17. The molecule has 13 heteroatoms. The minimum Gasteiger partial charge on any atom is -0.494 e. The third kappa shape index (κ3) is 4.78. The second-order valence-corrected chi connectivity index (χ2v) is 5.45. The summed E-state index contributed by atoms with van der Waals surface area (Å²) in [6.07, 6.45) is -3.05. The van der Waals surface area contributed by atoms with Crippen LogP contribution in [0.15, 0.2) is 27.0 Å². The van der Waals surface area contributed by atoms with E-state index in [0.717, 1.165) is 10.8 Å². The fraction of sp³-hybridized carbons (Fsp3) is 0.286. The lowest BCUT2D eigenvalue weighted by Crippen LogP contribution is -2.33. The molecule has 0 spiro atoms. The van der Waals surface area contributed by atoms with E-state index in [4.69, 9.17) is 11.6 Å². The predicted octanol–water partition coefficient (Wildman–Crippen LogP) is 1.40. The van der Waals surface area contributed by atoms with Gasteiger partial charge in [-0.05, 0) is 6.07 Å². The molecule has 0 aliphatic heterocycles. The fourth-order valence-electron chi connectivity index (χ4n) is 2.01. The summed E-state index contributed by atoms with van der Waals surface area (Å²) in [7, 11) is 1.22. The van der Waals surface area contributed by atoms with Crippen LogP contribution in [0.4, 0.5) is 19.0 Å². The predicted molar refractivity (Wildman–Crippen MR) is 90.3 cm³/mol. The zero-order chi connectivity index (χ0) is 20.2. The van der Waals surface area contributed by atoms with Crippen LogP contribution in [0.5, 0.6) is 5.88 Å². The molecule has 0 radical (unpaired) electrons. The van der Waals surface area contributed by atoms with E-state index >= 15 is 0 Å². The van der Waals surface area contributed by atoms with Crippen LogP contribution in [-0.2, 0) is 17.6 Å². The lowest BCUT2D eigenvalue weighted by Gasteiger charge is -2.12. The number of rotatable bonds is 6. The topological polar surface area (TPSA) is 122 Å². The van der Waals surface area contributed by atoms with Crippen LogP contribution in [0.25, 0.3) is 0 Å². The molecule has 27 heavy (non-hydrogen) atoms. The summed E-state index contributed by atoms with van der Waals surface area (Å²) in [6, 6.07) is 0.708. The third-order valence-corrected chi connectivity index (χ3v) is 3.58. The van der Waals surface area contributed by atoms with E-state index in [0.29, 0.717) is 12.3 Å². The van der Waals surface area contributed by atoms with E-state index in [-0.39, 0.29) is 29.5 Å². The van der Waals surface area contributed by atoms with Crippen LogP contribution in [-0.4, -0.2) is 39.5 Å². The summed E-state index contributed by atoms with van der Waals surface area (Å²) in [4.78, 5) is 33.5. The maximum absolute atomic E-state index is 12.6. The number of aromatic hydroxyl groups is 1. The van der Waals surface area contributed by atoms with Gasteiger partial charge in [0.05, 0.1) is 16.8 Å². The second-order valence-electron chi connectivity index (χ2n) is 5.04. The molecule has 0 unspecified atom stereocenters. The molecule has 0 aromatic carbocycles. The monoisotopic (exact) mass is 407 g/mol. The van der Waals surface area contributed by atoms with Gasteiger partial charge >= 0.3 is 11.9 Å². The number of aromatic amines is 1. The Morgan fingerprint density at radius 1 is 1.48 bits per heavy atom. The molecule has 3 N–H and O–H groups in total. The van der Waals surface area contributed by atoms with Crippen LogP contribution < -0.4 is 16.6 Å². The summed E-state index contributed by atoms with van der Waals surface area (Å²) < 4.78 is 38.6. The van der Waals surface area contributed by atoms with Gasteiger partial charge in [0.1, 0.15) is 18.5 Å². The van der Waals surface area contributed by atoms with Gasteiger partial charge in [-0.3, -0.25) is 14.3 Å². The number of anilines is 1. The quantitative estimate of drug-likeness (QED) is 0.491. The van der Waals surface area contributed by atoms with Gasteiger partial charge in [-0.1, -0.05) is 16.8 Å². The number of hydrogen-bond acceptors (Lipinski definition) is 7. The fourth-order valence-corrected chi connectivity index (χ4v) is 2.25. The minimum atomic E-state index is -4.58. The molecule has 2 heterocycles. The highest BCUT2D eigenvalue weighted by Crippen LogP contribution is 2.32. The molecule has 0 aliphatic carbocycles. The molecule has 2 aromatic rings. The minimum absolute atomic E-state index is 0.0391. The van der Waals surface area contributed by atoms with Crippen LogP contribution in [0.1, 0.15) is 11.1 Å². The Kier molecular flexibility index (Phi) is 6.10. The second kappa shape index (κ2) is 8.12. The first-order valence-corrected chi connectivity index (χ1v) is 7.62. The first kappa shape index (κ1) is 20.3. The lowest BCUT2D eigenvalue weighted by molar-refractivity contribution is -0.137. The van der Waals surface area contributed by atoms with Crippen LogP contribution >= 0.6 is 11.6 Å². The van der Waals surface area contributed by atoms with E-state index in [1.165, 1.54) is 7.11 Å². The van der Waals surface area contributed by atoms with E-state index in [9.17, 15) is 27.9 Å². The molecule has 0 bridgehead atoms. The van der Waals surface area contributed by atoms with E-state index in [2.05, 4.69) is 20.3 Å². The van der Waals surface area contributed by atoms with Gasteiger partial charge in [-0.2, -0.15) is 13.2 Å². The summed E-state index contributed by atoms with van der Waals surface area (Å²) in [5, 5.41) is 15.8. The molecule has 0 atom stereocenters.